The first kappa shape index (κ1) is 17.5. The van der Waals surface area contributed by atoms with Crippen LogP contribution in [0, 0.1) is 18.8 Å². The van der Waals surface area contributed by atoms with Gasteiger partial charge in [-0.05, 0) is 38.1 Å². The molecule has 2 aromatic rings. The predicted octanol–water partition coefficient (Wildman–Crippen LogP) is 1.97. The zero-order valence-electron chi connectivity index (χ0n) is 15.3. The molecule has 4 atom stereocenters. The van der Waals surface area contributed by atoms with Crippen molar-refractivity contribution in [3.8, 4) is 0 Å². The van der Waals surface area contributed by atoms with Crippen LogP contribution in [0.25, 0.3) is 0 Å². The summed E-state index contributed by atoms with van der Waals surface area (Å²) in [7, 11) is 1.27. The van der Waals surface area contributed by atoms with Crippen LogP contribution in [0.5, 0.6) is 0 Å². The summed E-state index contributed by atoms with van der Waals surface area (Å²) < 4.78 is 10.4. The van der Waals surface area contributed by atoms with Crippen LogP contribution < -0.4 is 10.2 Å². The highest BCUT2D eigenvalue weighted by atomic mass is 16.5. The molecule has 140 valence electrons. The van der Waals surface area contributed by atoms with E-state index in [-0.39, 0.29) is 5.91 Å². The van der Waals surface area contributed by atoms with Gasteiger partial charge in [0.2, 0.25) is 11.8 Å². The van der Waals surface area contributed by atoms with Crippen LogP contribution in [0.1, 0.15) is 24.3 Å². The summed E-state index contributed by atoms with van der Waals surface area (Å²) in [6, 6.07) is 9.98. The Morgan fingerprint density at radius 1 is 1.19 bits per heavy atom. The van der Waals surface area contributed by atoms with E-state index < -0.39 is 35.3 Å². The molecule has 1 N–H and O–H groups in total. The fourth-order valence-corrected chi connectivity index (χ4v) is 4.20. The van der Waals surface area contributed by atoms with Crippen molar-refractivity contribution in [3.63, 3.8) is 0 Å². The number of esters is 1. The van der Waals surface area contributed by atoms with E-state index in [9.17, 15) is 14.4 Å². The minimum absolute atomic E-state index is 0.351. The third-order valence-corrected chi connectivity index (χ3v) is 5.54. The molecular weight excluding hydrogens is 348 g/mol. The van der Waals surface area contributed by atoms with Gasteiger partial charge >= 0.3 is 5.97 Å². The number of carbonyl (C=O) groups excluding carboxylic acids is 3. The molecule has 27 heavy (non-hydrogen) atoms. The number of methoxy groups -OCH3 is 1. The number of ether oxygens (including phenoxy) is 1. The van der Waals surface area contributed by atoms with E-state index in [0.717, 1.165) is 5.56 Å². The highest BCUT2D eigenvalue weighted by Crippen LogP contribution is 2.49. The van der Waals surface area contributed by atoms with Gasteiger partial charge in [0, 0.05) is 0 Å². The SMILES string of the molecule is COC(=O)[C@]1(C)N[C@@H](c2ccco2)[C@H]2C(=O)N(c3ccc(C)cc3)C(=O)[C@H]21. The quantitative estimate of drug-likeness (QED) is 0.658. The van der Waals surface area contributed by atoms with Gasteiger partial charge < -0.3 is 9.15 Å². The molecule has 2 aliphatic heterocycles. The molecule has 4 rings (SSSR count). The van der Waals surface area contributed by atoms with Gasteiger partial charge in [0.15, 0.2) is 0 Å². The largest absolute Gasteiger partial charge is 0.468 e. The van der Waals surface area contributed by atoms with Crippen molar-refractivity contribution >= 4 is 23.5 Å². The number of nitrogens with one attached hydrogen (secondary N) is 1. The minimum Gasteiger partial charge on any atom is -0.468 e. The summed E-state index contributed by atoms with van der Waals surface area (Å²) in [6.45, 7) is 3.53. The van der Waals surface area contributed by atoms with E-state index in [1.54, 1.807) is 31.2 Å². The summed E-state index contributed by atoms with van der Waals surface area (Å²) in [6.07, 6.45) is 1.50. The van der Waals surface area contributed by atoms with Crippen LogP contribution in [0.2, 0.25) is 0 Å². The highest BCUT2D eigenvalue weighted by Gasteiger charge is 2.67. The number of nitrogens with zero attached hydrogens (tertiary/aromatic N) is 1. The maximum absolute atomic E-state index is 13.3. The summed E-state index contributed by atoms with van der Waals surface area (Å²) in [5.41, 5.74) is 0.186. The maximum atomic E-state index is 13.3. The number of imide groups is 1. The van der Waals surface area contributed by atoms with Crippen molar-refractivity contribution in [2.24, 2.45) is 11.8 Å². The van der Waals surface area contributed by atoms with Crippen LogP contribution in [0.15, 0.2) is 47.1 Å². The molecular formula is C20H20N2O5. The summed E-state index contributed by atoms with van der Waals surface area (Å²) in [5.74, 6) is -2.48. The second-order valence-electron chi connectivity index (χ2n) is 7.18. The number of furan rings is 1. The summed E-state index contributed by atoms with van der Waals surface area (Å²) >= 11 is 0. The molecule has 0 unspecified atom stereocenters. The summed E-state index contributed by atoms with van der Waals surface area (Å²) in [5, 5.41) is 3.13. The van der Waals surface area contributed by atoms with Gasteiger partial charge in [-0.25, -0.2) is 4.90 Å². The molecule has 0 aliphatic carbocycles. The Morgan fingerprint density at radius 2 is 1.89 bits per heavy atom. The Hall–Kier alpha value is -2.93. The molecule has 0 radical (unpaired) electrons. The molecule has 0 saturated carbocycles. The van der Waals surface area contributed by atoms with Gasteiger partial charge in [0.1, 0.15) is 11.3 Å². The fraction of sp³-hybridized carbons (Fsp3) is 0.350. The number of hydrogen-bond acceptors (Lipinski definition) is 6. The van der Waals surface area contributed by atoms with Crippen molar-refractivity contribution < 1.29 is 23.5 Å². The van der Waals surface area contributed by atoms with Gasteiger partial charge in [-0.15, -0.1) is 0 Å². The monoisotopic (exact) mass is 368 g/mol. The Morgan fingerprint density at radius 3 is 2.48 bits per heavy atom. The van der Waals surface area contributed by atoms with Crippen molar-refractivity contribution in [2.75, 3.05) is 12.0 Å². The molecule has 7 nitrogen and oxygen atoms in total. The summed E-state index contributed by atoms with van der Waals surface area (Å²) in [4.78, 5) is 40.2. The first-order valence-corrected chi connectivity index (χ1v) is 8.72. The van der Waals surface area contributed by atoms with Crippen molar-refractivity contribution in [1.82, 2.24) is 5.32 Å². The molecule has 0 bridgehead atoms. The standard InChI is InChI=1S/C20H20N2O5/c1-11-6-8-12(9-7-11)22-17(23)14-15(18(22)24)20(2,19(25)26-3)21-16(14)13-5-4-10-27-13/h4-10,14-16,21H,1-3H3/t14-,15-,16-,20+/m0/s1. The average molecular weight is 368 g/mol. The van der Waals surface area contributed by atoms with E-state index in [0.29, 0.717) is 11.4 Å². The molecule has 3 heterocycles. The van der Waals surface area contributed by atoms with Crippen LogP contribution in [0.4, 0.5) is 5.69 Å². The number of amides is 2. The third kappa shape index (κ3) is 2.42. The Bertz CT molecular complexity index is 905. The van der Waals surface area contributed by atoms with Gasteiger partial charge in [0.05, 0.1) is 36.9 Å². The number of aryl methyl sites for hydroxylation is 1. The number of benzene rings is 1. The minimum atomic E-state index is -1.33. The van der Waals surface area contributed by atoms with Crippen LogP contribution in [-0.4, -0.2) is 30.4 Å². The van der Waals surface area contributed by atoms with E-state index in [4.69, 9.17) is 9.15 Å². The highest BCUT2D eigenvalue weighted by molar-refractivity contribution is 6.24. The molecule has 2 amide bonds. The number of carbonyl (C=O) groups is 3. The second-order valence-corrected chi connectivity index (χ2v) is 7.18. The van der Waals surface area contributed by atoms with Gasteiger partial charge in [-0.1, -0.05) is 17.7 Å². The first-order valence-electron chi connectivity index (χ1n) is 8.72. The zero-order valence-corrected chi connectivity index (χ0v) is 15.3. The van der Waals surface area contributed by atoms with Gasteiger partial charge in [-0.3, -0.25) is 19.7 Å². The smallest absolute Gasteiger partial charge is 0.326 e. The topological polar surface area (TPSA) is 88.8 Å². The Balaban J connectivity index is 1.81. The van der Waals surface area contributed by atoms with Crippen LogP contribution in [0.3, 0.4) is 0 Å². The van der Waals surface area contributed by atoms with Crippen LogP contribution >= 0.6 is 0 Å². The fourth-order valence-electron chi connectivity index (χ4n) is 4.20. The lowest BCUT2D eigenvalue weighted by molar-refractivity contribution is -0.151. The van der Waals surface area contributed by atoms with E-state index in [2.05, 4.69) is 5.32 Å². The Kier molecular flexibility index (Phi) is 3.92. The Labute approximate surface area is 156 Å². The molecule has 7 heteroatoms. The molecule has 0 spiro atoms. The number of rotatable bonds is 3. The molecule has 1 aromatic carbocycles. The number of fused-ring (bicyclic) bond motifs is 1. The van der Waals surface area contributed by atoms with Crippen molar-refractivity contribution in [3.05, 3.63) is 54.0 Å². The number of hydrogen-bond donors (Lipinski definition) is 1. The lowest BCUT2D eigenvalue weighted by atomic mass is 9.81. The number of anilines is 1. The maximum Gasteiger partial charge on any atom is 0.326 e. The van der Waals surface area contributed by atoms with Crippen molar-refractivity contribution in [1.29, 1.82) is 0 Å². The van der Waals surface area contributed by atoms with E-state index >= 15 is 0 Å². The molecule has 2 saturated heterocycles. The first-order chi connectivity index (χ1) is 12.9. The second kappa shape index (κ2) is 6.06. The normalized spacial score (nSPS) is 29.9. The third-order valence-electron chi connectivity index (χ3n) is 5.54. The lowest BCUT2D eigenvalue weighted by Gasteiger charge is -2.28. The van der Waals surface area contributed by atoms with E-state index in [1.165, 1.54) is 18.3 Å². The molecule has 2 aliphatic rings. The van der Waals surface area contributed by atoms with Gasteiger partial charge in [-0.2, -0.15) is 0 Å². The molecule has 2 fully saturated rings. The van der Waals surface area contributed by atoms with Crippen molar-refractivity contribution in [2.45, 2.75) is 25.4 Å². The lowest BCUT2D eigenvalue weighted by Crippen LogP contribution is -2.54. The predicted molar refractivity (Wildman–Crippen MR) is 95.7 cm³/mol. The van der Waals surface area contributed by atoms with Gasteiger partial charge in [0.25, 0.3) is 0 Å². The van der Waals surface area contributed by atoms with E-state index in [1.807, 2.05) is 19.1 Å². The van der Waals surface area contributed by atoms with Crippen LogP contribution in [-0.2, 0) is 19.1 Å². The average Bonchev–Trinajstić information content (AvgIpc) is 3.34. The zero-order chi connectivity index (χ0) is 19.3. The molecule has 1 aromatic heterocycles.